The number of nitrogens with zero attached hydrogens (tertiary/aromatic N) is 1. The standard InChI is InChI=1S/C22H30FN4O9P/c1-13(2)34-20(30)14(3)26-37(32,36-15-7-5-4-6-8-15)33-12-22(11-24)18(29)17(23)19(35-22)27-10-9-16(28)25-21(27)31/h4-10,13-14,17-19,29H,11-12,24H2,1-3H3,(H,26,32)(H,25,28,31)/t14?,17-,18+,19-,22-,37?/m1/s1. The lowest BCUT2D eigenvalue weighted by molar-refractivity contribution is -0.149. The molecule has 3 rings (SSSR count). The molecule has 1 saturated heterocycles. The van der Waals surface area contributed by atoms with Crippen molar-refractivity contribution in [1.82, 2.24) is 14.6 Å². The summed E-state index contributed by atoms with van der Waals surface area (Å²) in [4.78, 5) is 37.8. The van der Waals surface area contributed by atoms with E-state index in [4.69, 9.17) is 24.3 Å². The van der Waals surface area contributed by atoms with Gasteiger partial charge in [-0.2, -0.15) is 5.09 Å². The molecule has 2 heterocycles. The van der Waals surface area contributed by atoms with Crippen LogP contribution in [0.1, 0.15) is 27.0 Å². The number of aromatic amines is 1. The summed E-state index contributed by atoms with van der Waals surface area (Å²) in [5.74, 6) is -0.610. The van der Waals surface area contributed by atoms with Gasteiger partial charge in [0.05, 0.1) is 12.7 Å². The van der Waals surface area contributed by atoms with Crippen molar-refractivity contribution in [3.63, 3.8) is 0 Å². The molecule has 5 N–H and O–H groups in total. The number of carbonyl (C=O) groups is 1. The molecule has 6 atom stereocenters. The minimum atomic E-state index is -4.39. The fourth-order valence-corrected chi connectivity index (χ4v) is 5.08. The average molecular weight is 544 g/mol. The summed E-state index contributed by atoms with van der Waals surface area (Å²) in [6.07, 6.45) is -5.20. The van der Waals surface area contributed by atoms with Crippen LogP contribution in [0.15, 0.2) is 52.2 Å². The Morgan fingerprint density at radius 1 is 1.30 bits per heavy atom. The van der Waals surface area contributed by atoms with Crippen LogP contribution in [0, 0.1) is 0 Å². The van der Waals surface area contributed by atoms with Gasteiger partial charge in [-0.05, 0) is 32.9 Å². The van der Waals surface area contributed by atoms with Crippen molar-refractivity contribution < 1.29 is 37.4 Å². The minimum Gasteiger partial charge on any atom is -0.462 e. The summed E-state index contributed by atoms with van der Waals surface area (Å²) >= 11 is 0. The number of esters is 1. The number of aliphatic hydroxyl groups is 1. The van der Waals surface area contributed by atoms with Crippen LogP contribution in [0.25, 0.3) is 0 Å². The molecule has 2 aromatic rings. The number of halogens is 1. The van der Waals surface area contributed by atoms with Gasteiger partial charge in [-0.25, -0.2) is 13.8 Å². The molecule has 0 bridgehead atoms. The molecular formula is C22H30FN4O9P. The first-order valence-corrected chi connectivity index (χ1v) is 12.9. The van der Waals surface area contributed by atoms with E-state index in [-0.39, 0.29) is 5.75 Å². The smallest absolute Gasteiger partial charge is 0.459 e. The van der Waals surface area contributed by atoms with Gasteiger partial charge >= 0.3 is 19.4 Å². The fraction of sp³-hybridized carbons (Fsp3) is 0.500. The Labute approximate surface area is 211 Å². The second-order valence-electron chi connectivity index (χ2n) is 8.70. The predicted octanol–water partition coefficient (Wildman–Crippen LogP) is 0.595. The zero-order chi connectivity index (χ0) is 27.4. The first-order chi connectivity index (χ1) is 17.4. The number of H-pyrrole nitrogens is 1. The SMILES string of the molecule is CC(C)OC(=O)C(C)NP(=O)(OC[C@@]1(CN)O[C@@H](n2ccc(=O)[nH]c2=O)[C@H](F)[C@@H]1O)Oc1ccccc1. The zero-order valence-electron chi connectivity index (χ0n) is 20.4. The number of benzene rings is 1. The summed E-state index contributed by atoms with van der Waals surface area (Å²) in [5, 5.41) is 13.1. The van der Waals surface area contributed by atoms with Gasteiger partial charge in [0.1, 0.15) is 23.5 Å². The van der Waals surface area contributed by atoms with E-state index >= 15 is 4.39 Å². The van der Waals surface area contributed by atoms with Crippen molar-refractivity contribution >= 4 is 13.7 Å². The van der Waals surface area contributed by atoms with Crippen molar-refractivity contribution in [2.75, 3.05) is 13.2 Å². The summed E-state index contributed by atoms with van der Waals surface area (Å²) in [6, 6.07) is 7.73. The number of ether oxygens (including phenoxy) is 2. The van der Waals surface area contributed by atoms with Gasteiger partial charge in [-0.3, -0.25) is 23.7 Å². The molecule has 0 aliphatic carbocycles. The molecule has 1 aromatic heterocycles. The molecule has 1 aliphatic rings. The molecule has 1 aromatic carbocycles. The highest BCUT2D eigenvalue weighted by Crippen LogP contribution is 2.48. The molecular weight excluding hydrogens is 514 g/mol. The summed E-state index contributed by atoms with van der Waals surface area (Å²) in [7, 11) is -4.39. The number of hydrogen-bond donors (Lipinski definition) is 4. The zero-order valence-corrected chi connectivity index (χ0v) is 21.3. The highest BCUT2D eigenvalue weighted by molar-refractivity contribution is 7.52. The van der Waals surface area contributed by atoms with E-state index in [0.717, 1.165) is 16.8 Å². The number of aromatic nitrogens is 2. The van der Waals surface area contributed by atoms with Crippen LogP contribution >= 0.6 is 7.75 Å². The van der Waals surface area contributed by atoms with E-state index < -0.39 is 74.4 Å². The lowest BCUT2D eigenvalue weighted by atomic mass is 9.97. The van der Waals surface area contributed by atoms with Crippen molar-refractivity contribution in [2.45, 2.75) is 57.0 Å². The van der Waals surface area contributed by atoms with Gasteiger partial charge in [0.2, 0.25) is 0 Å². The van der Waals surface area contributed by atoms with Gasteiger partial charge in [0, 0.05) is 18.8 Å². The van der Waals surface area contributed by atoms with Crippen LogP contribution < -0.4 is 26.6 Å². The highest BCUT2D eigenvalue weighted by atomic mass is 31.2. The third-order valence-electron chi connectivity index (χ3n) is 5.44. The Kier molecular flexibility index (Phi) is 9.05. The number of alkyl halides is 1. The molecule has 15 heteroatoms. The van der Waals surface area contributed by atoms with Gasteiger partial charge in [0.25, 0.3) is 5.56 Å². The van der Waals surface area contributed by atoms with Crippen molar-refractivity contribution in [1.29, 1.82) is 0 Å². The normalized spacial score (nSPS) is 26.0. The molecule has 13 nitrogen and oxygen atoms in total. The third kappa shape index (κ3) is 6.72. The number of rotatable bonds is 11. The number of para-hydroxylation sites is 1. The number of carbonyl (C=O) groups excluding carboxylic acids is 1. The van der Waals surface area contributed by atoms with E-state index in [2.05, 4.69) is 5.09 Å². The van der Waals surface area contributed by atoms with Crippen LogP contribution in [0.2, 0.25) is 0 Å². The van der Waals surface area contributed by atoms with Crippen molar-refractivity contribution in [3.8, 4) is 5.75 Å². The van der Waals surface area contributed by atoms with E-state index in [1.807, 2.05) is 4.98 Å². The van der Waals surface area contributed by atoms with Crippen LogP contribution in [0.4, 0.5) is 4.39 Å². The van der Waals surface area contributed by atoms with Gasteiger partial charge in [0.15, 0.2) is 12.4 Å². The predicted molar refractivity (Wildman–Crippen MR) is 129 cm³/mol. The molecule has 204 valence electrons. The van der Waals surface area contributed by atoms with Crippen LogP contribution in [0.5, 0.6) is 5.75 Å². The summed E-state index contributed by atoms with van der Waals surface area (Å²) in [5.41, 5.74) is 2.15. The van der Waals surface area contributed by atoms with Gasteiger partial charge in [-0.15, -0.1) is 0 Å². The highest BCUT2D eigenvalue weighted by Gasteiger charge is 2.56. The molecule has 0 amide bonds. The second-order valence-corrected chi connectivity index (χ2v) is 10.4. The van der Waals surface area contributed by atoms with E-state index in [0.29, 0.717) is 0 Å². The Morgan fingerprint density at radius 3 is 2.57 bits per heavy atom. The Balaban J connectivity index is 1.86. The van der Waals surface area contributed by atoms with Crippen LogP contribution in [0.3, 0.4) is 0 Å². The molecule has 0 radical (unpaired) electrons. The van der Waals surface area contributed by atoms with Crippen molar-refractivity contribution in [2.24, 2.45) is 5.73 Å². The molecule has 1 aliphatic heterocycles. The topological polar surface area (TPSA) is 184 Å². The largest absolute Gasteiger partial charge is 0.462 e. The van der Waals surface area contributed by atoms with E-state index in [1.165, 1.54) is 19.1 Å². The lowest BCUT2D eigenvalue weighted by Gasteiger charge is -2.32. The number of aliphatic hydroxyl groups excluding tert-OH is 1. The third-order valence-corrected chi connectivity index (χ3v) is 7.07. The summed E-state index contributed by atoms with van der Waals surface area (Å²) in [6.45, 7) is 3.39. The maximum Gasteiger partial charge on any atom is 0.459 e. The van der Waals surface area contributed by atoms with E-state index in [9.17, 15) is 24.1 Å². The number of nitrogens with one attached hydrogen (secondary N) is 2. The van der Waals surface area contributed by atoms with Crippen molar-refractivity contribution in [3.05, 3.63) is 63.4 Å². The van der Waals surface area contributed by atoms with Gasteiger partial charge < -0.3 is 24.8 Å². The maximum atomic E-state index is 15.1. The number of hydrogen-bond acceptors (Lipinski definition) is 10. The van der Waals surface area contributed by atoms with Crippen LogP contribution in [-0.4, -0.2) is 63.8 Å². The molecule has 0 saturated carbocycles. The average Bonchev–Trinajstić information content (AvgIpc) is 3.08. The minimum absolute atomic E-state index is 0.124. The second kappa shape index (κ2) is 11.7. The summed E-state index contributed by atoms with van der Waals surface area (Å²) < 4.78 is 51.4. The Bertz CT molecular complexity index is 1240. The van der Waals surface area contributed by atoms with Crippen LogP contribution in [-0.2, 0) is 23.4 Å². The lowest BCUT2D eigenvalue weighted by Crippen LogP contribution is -2.52. The monoisotopic (exact) mass is 544 g/mol. The molecule has 2 unspecified atom stereocenters. The molecule has 0 spiro atoms. The first-order valence-electron chi connectivity index (χ1n) is 11.4. The maximum absolute atomic E-state index is 15.1. The fourth-order valence-electron chi connectivity index (χ4n) is 3.53. The Morgan fingerprint density at radius 2 is 1.97 bits per heavy atom. The van der Waals surface area contributed by atoms with Gasteiger partial charge in [-0.1, -0.05) is 18.2 Å². The Hall–Kier alpha value is -2.87. The van der Waals surface area contributed by atoms with E-state index in [1.54, 1.807) is 32.0 Å². The first kappa shape index (κ1) is 28.7. The molecule has 1 fully saturated rings. The quantitative estimate of drug-likeness (QED) is 0.229. The number of nitrogens with two attached hydrogens (primary N) is 1. The molecule has 37 heavy (non-hydrogen) atoms.